The second-order valence-electron chi connectivity index (χ2n) is 4.27. The minimum Gasteiger partial charge on any atom is -0.464 e. The topological polar surface area (TPSA) is 86.6 Å². The van der Waals surface area contributed by atoms with Crippen molar-refractivity contribution >= 4 is 16.0 Å². The van der Waals surface area contributed by atoms with Crippen LogP contribution in [0.3, 0.4) is 0 Å². The van der Waals surface area contributed by atoms with E-state index in [-0.39, 0.29) is 17.1 Å². The average Bonchev–Trinajstić information content (AvgIpc) is 2.71. The number of ether oxygens (including phenoxy) is 2. The molecule has 0 fully saturated rings. The van der Waals surface area contributed by atoms with Gasteiger partial charge in [-0.3, -0.25) is 0 Å². The van der Waals surface area contributed by atoms with Gasteiger partial charge in [0.2, 0.25) is 10.0 Å². The van der Waals surface area contributed by atoms with Crippen LogP contribution in [-0.4, -0.2) is 46.3 Å². The van der Waals surface area contributed by atoms with Crippen LogP contribution in [0, 0.1) is 6.92 Å². The quantitative estimate of drug-likeness (QED) is 0.583. The Morgan fingerprint density at radius 1 is 1.40 bits per heavy atom. The fraction of sp³-hybridized carbons (Fsp3) is 0.583. The van der Waals surface area contributed by atoms with E-state index >= 15 is 0 Å². The summed E-state index contributed by atoms with van der Waals surface area (Å²) >= 11 is 0. The summed E-state index contributed by atoms with van der Waals surface area (Å²) in [6.45, 7) is 2.39. The first-order valence-electron chi connectivity index (χ1n) is 6.08. The Kier molecular flexibility index (Phi) is 5.73. The SMILES string of the molecule is COCCCNS(=O)(=O)c1cc(C(=O)OC)n(C)c1C. The van der Waals surface area contributed by atoms with Crippen LogP contribution in [0.5, 0.6) is 0 Å². The van der Waals surface area contributed by atoms with E-state index < -0.39 is 16.0 Å². The lowest BCUT2D eigenvalue weighted by Gasteiger charge is -2.06. The highest BCUT2D eigenvalue weighted by Crippen LogP contribution is 2.19. The third-order valence-corrected chi connectivity index (χ3v) is 4.57. The Bertz CT molecular complexity index is 577. The molecule has 0 atom stereocenters. The van der Waals surface area contributed by atoms with Crippen LogP contribution in [0.2, 0.25) is 0 Å². The second kappa shape index (κ2) is 6.87. The first kappa shape index (κ1) is 16.7. The molecular weight excluding hydrogens is 284 g/mol. The number of rotatable bonds is 7. The Balaban J connectivity index is 2.98. The third-order valence-electron chi connectivity index (χ3n) is 2.99. The Morgan fingerprint density at radius 3 is 2.60 bits per heavy atom. The van der Waals surface area contributed by atoms with Crippen LogP contribution in [0.25, 0.3) is 0 Å². The van der Waals surface area contributed by atoms with E-state index in [1.54, 1.807) is 21.1 Å². The van der Waals surface area contributed by atoms with Crippen LogP contribution < -0.4 is 4.72 Å². The number of sulfonamides is 1. The van der Waals surface area contributed by atoms with Crippen molar-refractivity contribution in [2.45, 2.75) is 18.2 Å². The molecule has 8 heteroatoms. The molecule has 0 saturated heterocycles. The number of carbonyl (C=O) groups is 1. The summed E-state index contributed by atoms with van der Waals surface area (Å²) in [5.41, 5.74) is 0.673. The molecule has 7 nitrogen and oxygen atoms in total. The number of nitrogens with zero attached hydrogens (tertiary/aromatic N) is 1. The molecule has 0 aliphatic heterocycles. The summed E-state index contributed by atoms with van der Waals surface area (Å²) < 4.78 is 37.8. The zero-order valence-corrected chi connectivity index (χ0v) is 12.9. The zero-order valence-electron chi connectivity index (χ0n) is 12.1. The van der Waals surface area contributed by atoms with E-state index in [1.165, 1.54) is 17.7 Å². The molecule has 1 heterocycles. The first-order chi connectivity index (χ1) is 9.35. The molecule has 1 aromatic heterocycles. The second-order valence-corrected chi connectivity index (χ2v) is 6.01. The molecule has 0 bridgehead atoms. The van der Waals surface area contributed by atoms with Gasteiger partial charge in [-0.2, -0.15) is 0 Å². The monoisotopic (exact) mass is 304 g/mol. The molecule has 0 amide bonds. The number of hydrogen-bond acceptors (Lipinski definition) is 5. The maximum Gasteiger partial charge on any atom is 0.354 e. The lowest BCUT2D eigenvalue weighted by atomic mass is 10.4. The van der Waals surface area contributed by atoms with Crippen molar-refractivity contribution in [3.8, 4) is 0 Å². The maximum absolute atomic E-state index is 12.2. The van der Waals surface area contributed by atoms with Crippen molar-refractivity contribution in [1.29, 1.82) is 0 Å². The summed E-state index contributed by atoms with van der Waals surface area (Å²) in [6, 6.07) is 1.32. The molecule has 0 aliphatic rings. The Labute approximate surface area is 118 Å². The van der Waals surface area contributed by atoms with E-state index in [9.17, 15) is 13.2 Å². The lowest BCUT2D eigenvalue weighted by molar-refractivity contribution is 0.0589. The van der Waals surface area contributed by atoms with E-state index in [2.05, 4.69) is 9.46 Å². The van der Waals surface area contributed by atoms with Crippen molar-refractivity contribution < 1.29 is 22.7 Å². The minimum atomic E-state index is -3.65. The van der Waals surface area contributed by atoms with Gasteiger partial charge in [-0.15, -0.1) is 0 Å². The number of hydrogen-bond donors (Lipinski definition) is 1. The van der Waals surface area contributed by atoms with Gasteiger partial charge in [-0.05, 0) is 19.4 Å². The average molecular weight is 304 g/mol. The number of nitrogens with one attached hydrogen (secondary N) is 1. The molecule has 0 saturated carbocycles. The van der Waals surface area contributed by atoms with Gasteiger partial charge < -0.3 is 14.0 Å². The van der Waals surface area contributed by atoms with Gasteiger partial charge in [-0.1, -0.05) is 0 Å². The molecule has 0 spiro atoms. The zero-order chi connectivity index (χ0) is 15.3. The van der Waals surface area contributed by atoms with Crippen LogP contribution in [-0.2, 0) is 26.5 Å². The highest BCUT2D eigenvalue weighted by Gasteiger charge is 2.24. The van der Waals surface area contributed by atoms with E-state index in [0.29, 0.717) is 18.7 Å². The van der Waals surface area contributed by atoms with Crippen LogP contribution in [0.1, 0.15) is 22.6 Å². The fourth-order valence-corrected chi connectivity index (χ4v) is 3.11. The molecule has 0 aliphatic carbocycles. The Morgan fingerprint density at radius 2 is 2.05 bits per heavy atom. The first-order valence-corrected chi connectivity index (χ1v) is 7.56. The number of carbonyl (C=O) groups excluding carboxylic acids is 1. The standard InChI is InChI=1S/C12H20N2O5S/c1-9-11(8-10(14(9)2)12(15)19-4)20(16,17)13-6-5-7-18-3/h8,13H,5-7H2,1-4H3. The largest absolute Gasteiger partial charge is 0.464 e. The van der Waals surface area contributed by atoms with Crippen molar-refractivity contribution in [1.82, 2.24) is 9.29 Å². The van der Waals surface area contributed by atoms with Gasteiger partial charge in [-0.25, -0.2) is 17.9 Å². The predicted octanol–water partition coefficient (Wildman–Crippen LogP) is 0.435. The smallest absolute Gasteiger partial charge is 0.354 e. The predicted molar refractivity (Wildman–Crippen MR) is 73.2 cm³/mol. The summed E-state index contributed by atoms with van der Waals surface area (Å²) in [4.78, 5) is 11.6. The molecular formula is C12H20N2O5S. The van der Waals surface area contributed by atoms with Crippen LogP contribution in [0.15, 0.2) is 11.0 Å². The molecule has 20 heavy (non-hydrogen) atoms. The summed E-state index contributed by atoms with van der Waals surface area (Å²) in [7, 11) is 0.773. The number of esters is 1. The van der Waals surface area contributed by atoms with Crippen molar-refractivity contribution in [3.63, 3.8) is 0 Å². The molecule has 1 rings (SSSR count). The lowest BCUT2D eigenvalue weighted by Crippen LogP contribution is -2.25. The van der Waals surface area contributed by atoms with Crippen molar-refractivity contribution in [3.05, 3.63) is 17.5 Å². The molecule has 114 valence electrons. The van der Waals surface area contributed by atoms with Gasteiger partial charge in [0, 0.05) is 33.0 Å². The summed E-state index contributed by atoms with van der Waals surface area (Å²) in [5.74, 6) is -0.573. The van der Waals surface area contributed by atoms with Gasteiger partial charge in [0.05, 0.1) is 7.11 Å². The van der Waals surface area contributed by atoms with Crippen molar-refractivity contribution in [2.75, 3.05) is 27.4 Å². The molecule has 1 aromatic rings. The minimum absolute atomic E-state index is 0.0813. The van der Waals surface area contributed by atoms with Gasteiger partial charge in [0.1, 0.15) is 10.6 Å². The highest BCUT2D eigenvalue weighted by atomic mass is 32.2. The van der Waals surface area contributed by atoms with Crippen LogP contribution >= 0.6 is 0 Å². The normalized spacial score (nSPS) is 11.6. The van der Waals surface area contributed by atoms with E-state index in [4.69, 9.17) is 4.74 Å². The van der Waals surface area contributed by atoms with Gasteiger partial charge in [0.15, 0.2) is 0 Å². The van der Waals surface area contributed by atoms with Crippen molar-refractivity contribution in [2.24, 2.45) is 7.05 Å². The number of aromatic nitrogens is 1. The van der Waals surface area contributed by atoms with E-state index in [0.717, 1.165) is 0 Å². The third kappa shape index (κ3) is 3.59. The van der Waals surface area contributed by atoms with Gasteiger partial charge in [0.25, 0.3) is 0 Å². The summed E-state index contributed by atoms with van der Waals surface area (Å²) in [5, 5.41) is 0. The fourth-order valence-electron chi connectivity index (χ4n) is 1.74. The summed E-state index contributed by atoms with van der Waals surface area (Å²) in [6.07, 6.45) is 0.575. The maximum atomic E-state index is 12.2. The molecule has 0 unspecified atom stereocenters. The molecule has 1 N–H and O–H groups in total. The van der Waals surface area contributed by atoms with E-state index in [1.807, 2.05) is 0 Å². The molecule has 0 aromatic carbocycles. The van der Waals surface area contributed by atoms with Crippen LogP contribution in [0.4, 0.5) is 0 Å². The number of methoxy groups -OCH3 is 2. The Hall–Kier alpha value is -1.38. The molecule has 0 radical (unpaired) electrons. The highest BCUT2D eigenvalue weighted by molar-refractivity contribution is 7.89. The van der Waals surface area contributed by atoms with Gasteiger partial charge >= 0.3 is 5.97 Å².